The van der Waals surface area contributed by atoms with Crippen LogP contribution in [0, 0.1) is 0 Å². The standard InChI is InChI=1S/C15H28O7Si/c1-6-9-13(16)20-23(19-12(4)5,21-14(17)10-7-2)22-15(18)11-8-3/h12H,6-11H2,1-5H3. The highest BCUT2D eigenvalue weighted by Crippen LogP contribution is 2.19. The maximum atomic E-state index is 11.9. The first-order valence-corrected chi connectivity index (χ1v) is 9.75. The van der Waals surface area contributed by atoms with Crippen LogP contribution in [0.5, 0.6) is 0 Å². The summed E-state index contributed by atoms with van der Waals surface area (Å²) in [5.41, 5.74) is 0. The Labute approximate surface area is 139 Å². The Morgan fingerprint density at radius 2 is 1.04 bits per heavy atom. The maximum absolute atomic E-state index is 11.9. The Morgan fingerprint density at radius 3 is 1.26 bits per heavy atom. The van der Waals surface area contributed by atoms with Crippen molar-refractivity contribution in [2.75, 3.05) is 0 Å². The molecule has 0 aromatic carbocycles. The van der Waals surface area contributed by atoms with Crippen molar-refractivity contribution < 1.29 is 32.1 Å². The summed E-state index contributed by atoms with van der Waals surface area (Å²) in [6, 6.07) is 0. The fourth-order valence-corrected chi connectivity index (χ4v) is 3.60. The number of rotatable bonds is 11. The van der Waals surface area contributed by atoms with E-state index in [9.17, 15) is 14.4 Å². The fourth-order valence-electron chi connectivity index (χ4n) is 1.61. The average molecular weight is 348 g/mol. The van der Waals surface area contributed by atoms with Gasteiger partial charge < -0.3 is 17.7 Å². The third-order valence-corrected chi connectivity index (χ3v) is 4.65. The van der Waals surface area contributed by atoms with E-state index in [0.29, 0.717) is 19.3 Å². The lowest BCUT2D eigenvalue weighted by Crippen LogP contribution is -2.54. The van der Waals surface area contributed by atoms with Gasteiger partial charge in [0.05, 0.1) is 0 Å². The molecule has 8 heteroatoms. The first kappa shape index (κ1) is 21.6. The molecule has 0 fully saturated rings. The van der Waals surface area contributed by atoms with Gasteiger partial charge in [-0.05, 0) is 33.1 Å². The molecule has 0 N–H and O–H groups in total. The van der Waals surface area contributed by atoms with Crippen molar-refractivity contribution >= 4 is 27.0 Å². The summed E-state index contributed by atoms with van der Waals surface area (Å²) in [5, 5.41) is 0. The van der Waals surface area contributed by atoms with Crippen LogP contribution < -0.4 is 0 Å². The van der Waals surface area contributed by atoms with Crippen LogP contribution in [-0.2, 0) is 32.1 Å². The molecule has 0 rings (SSSR count). The molecule has 23 heavy (non-hydrogen) atoms. The molecule has 0 aromatic rings. The fraction of sp³-hybridized carbons (Fsp3) is 0.800. The van der Waals surface area contributed by atoms with Gasteiger partial charge in [-0.25, -0.2) is 0 Å². The van der Waals surface area contributed by atoms with Gasteiger partial charge in [-0.2, -0.15) is 0 Å². The zero-order valence-electron chi connectivity index (χ0n) is 14.7. The Morgan fingerprint density at radius 1 is 0.739 bits per heavy atom. The molecular weight excluding hydrogens is 320 g/mol. The van der Waals surface area contributed by atoms with Crippen molar-refractivity contribution in [1.82, 2.24) is 0 Å². The lowest BCUT2D eigenvalue weighted by Gasteiger charge is -2.27. The van der Waals surface area contributed by atoms with E-state index in [-0.39, 0.29) is 19.3 Å². The summed E-state index contributed by atoms with van der Waals surface area (Å²) in [7, 11) is -4.21. The summed E-state index contributed by atoms with van der Waals surface area (Å²) in [6.45, 7) is 8.77. The molecule has 0 aliphatic rings. The largest absolute Gasteiger partial charge is 0.899 e. The highest BCUT2D eigenvalue weighted by Gasteiger charge is 2.59. The summed E-state index contributed by atoms with van der Waals surface area (Å²) < 4.78 is 21.1. The molecule has 0 bridgehead atoms. The quantitative estimate of drug-likeness (QED) is 0.530. The van der Waals surface area contributed by atoms with Gasteiger partial charge in [0.25, 0.3) is 17.9 Å². The second kappa shape index (κ2) is 11.2. The Balaban J connectivity index is 5.36. The number of carbonyl (C=O) groups is 3. The predicted octanol–water partition coefficient (Wildman–Crippen LogP) is 2.88. The number of hydrogen-bond donors (Lipinski definition) is 0. The third-order valence-electron chi connectivity index (χ3n) is 2.46. The first-order chi connectivity index (χ1) is 10.8. The molecule has 0 saturated carbocycles. The van der Waals surface area contributed by atoms with Gasteiger partial charge in [0.2, 0.25) is 0 Å². The van der Waals surface area contributed by atoms with Crippen molar-refractivity contribution in [2.45, 2.75) is 79.2 Å². The van der Waals surface area contributed by atoms with Gasteiger partial charge >= 0.3 is 9.05 Å². The Bertz CT molecular complexity index is 345. The molecule has 7 nitrogen and oxygen atoms in total. The minimum Gasteiger partial charge on any atom is -0.433 e. The molecule has 0 aliphatic heterocycles. The summed E-state index contributed by atoms with van der Waals surface area (Å²) >= 11 is 0. The van der Waals surface area contributed by atoms with Crippen LogP contribution in [0.3, 0.4) is 0 Å². The van der Waals surface area contributed by atoms with E-state index in [4.69, 9.17) is 17.7 Å². The van der Waals surface area contributed by atoms with Crippen molar-refractivity contribution in [3.63, 3.8) is 0 Å². The van der Waals surface area contributed by atoms with Gasteiger partial charge in [0.1, 0.15) is 0 Å². The molecule has 134 valence electrons. The van der Waals surface area contributed by atoms with Gasteiger partial charge in [-0.1, -0.05) is 20.8 Å². The highest BCUT2D eigenvalue weighted by molar-refractivity contribution is 6.59. The Hall–Kier alpha value is -1.41. The predicted molar refractivity (Wildman–Crippen MR) is 85.0 cm³/mol. The lowest BCUT2D eigenvalue weighted by molar-refractivity contribution is -0.160. The first-order valence-electron chi connectivity index (χ1n) is 8.11. The molecule has 0 aromatic heterocycles. The average Bonchev–Trinajstić information content (AvgIpc) is 2.37. The van der Waals surface area contributed by atoms with E-state index in [1.807, 2.05) is 0 Å². The summed E-state index contributed by atoms with van der Waals surface area (Å²) in [4.78, 5) is 35.6. The Kier molecular flexibility index (Phi) is 10.5. The SMILES string of the molecule is CCCC(=O)O[Si](OC(=O)CCC)(OC(=O)CCC)OC(C)C. The molecule has 0 aliphatic carbocycles. The third kappa shape index (κ3) is 9.35. The molecule has 0 spiro atoms. The van der Waals surface area contributed by atoms with E-state index in [1.165, 1.54) is 0 Å². The maximum Gasteiger partial charge on any atom is 0.899 e. The summed E-state index contributed by atoms with van der Waals surface area (Å²) in [6.07, 6.45) is 1.57. The smallest absolute Gasteiger partial charge is 0.433 e. The second-order valence-corrected chi connectivity index (χ2v) is 7.19. The van der Waals surface area contributed by atoms with E-state index in [2.05, 4.69) is 0 Å². The normalized spacial score (nSPS) is 11.2. The summed E-state index contributed by atoms with van der Waals surface area (Å²) in [5.74, 6) is -1.85. The van der Waals surface area contributed by atoms with Crippen molar-refractivity contribution in [2.24, 2.45) is 0 Å². The number of hydrogen-bond acceptors (Lipinski definition) is 7. The van der Waals surface area contributed by atoms with E-state index in [1.54, 1.807) is 34.6 Å². The zero-order valence-corrected chi connectivity index (χ0v) is 15.7. The van der Waals surface area contributed by atoms with Gasteiger partial charge in [-0.3, -0.25) is 14.4 Å². The number of carbonyl (C=O) groups excluding carboxylic acids is 3. The van der Waals surface area contributed by atoms with Crippen LogP contribution in [-0.4, -0.2) is 33.1 Å². The topological polar surface area (TPSA) is 88.1 Å². The van der Waals surface area contributed by atoms with Gasteiger partial charge in [0.15, 0.2) is 0 Å². The van der Waals surface area contributed by atoms with Crippen LogP contribution in [0.25, 0.3) is 0 Å². The second-order valence-electron chi connectivity index (χ2n) is 5.34. The van der Waals surface area contributed by atoms with E-state index in [0.717, 1.165) is 0 Å². The molecule has 0 amide bonds. The van der Waals surface area contributed by atoms with E-state index >= 15 is 0 Å². The van der Waals surface area contributed by atoms with Crippen LogP contribution in [0.1, 0.15) is 73.1 Å². The zero-order chi connectivity index (χ0) is 17.9. The molecule has 0 atom stereocenters. The van der Waals surface area contributed by atoms with Crippen LogP contribution in [0.4, 0.5) is 0 Å². The minimum atomic E-state index is -4.21. The van der Waals surface area contributed by atoms with Crippen LogP contribution >= 0.6 is 0 Å². The monoisotopic (exact) mass is 348 g/mol. The molecule has 0 saturated heterocycles. The molecule has 0 heterocycles. The van der Waals surface area contributed by atoms with Crippen molar-refractivity contribution in [3.05, 3.63) is 0 Å². The van der Waals surface area contributed by atoms with Crippen LogP contribution in [0.15, 0.2) is 0 Å². The lowest BCUT2D eigenvalue weighted by atomic mass is 10.3. The van der Waals surface area contributed by atoms with Gasteiger partial charge in [-0.15, -0.1) is 0 Å². The van der Waals surface area contributed by atoms with Crippen molar-refractivity contribution in [3.8, 4) is 0 Å². The van der Waals surface area contributed by atoms with Crippen LogP contribution in [0.2, 0.25) is 0 Å². The molecule has 0 unspecified atom stereocenters. The van der Waals surface area contributed by atoms with Crippen molar-refractivity contribution in [1.29, 1.82) is 0 Å². The molecular formula is C15H28O7Si. The van der Waals surface area contributed by atoms with E-state index < -0.39 is 33.1 Å². The molecule has 0 radical (unpaired) electrons. The minimum absolute atomic E-state index is 0.118. The highest BCUT2D eigenvalue weighted by atomic mass is 28.4. The van der Waals surface area contributed by atoms with Gasteiger partial charge in [0, 0.05) is 25.4 Å².